The van der Waals surface area contributed by atoms with Crippen LogP contribution in [-0.4, -0.2) is 16.3 Å². The highest BCUT2D eigenvalue weighted by Gasteiger charge is 2.04. The molecular weight excluding hydrogens is 209 g/mol. The number of H-pyrrole nitrogens is 1. The first-order valence-corrected chi connectivity index (χ1v) is 4.97. The van der Waals surface area contributed by atoms with Crippen molar-refractivity contribution in [1.29, 1.82) is 0 Å². The fourth-order valence-electron chi connectivity index (χ4n) is 1.53. The molecule has 0 atom stereocenters. The predicted molar refractivity (Wildman–Crippen MR) is 59.1 cm³/mol. The minimum atomic E-state index is -0.340. The van der Waals surface area contributed by atoms with Crippen LogP contribution >= 0.6 is 0 Å². The SMILES string of the molecule is NCCc1cn(-c2cccc(F)c2)[nH]c1=O. The third-order valence-electron chi connectivity index (χ3n) is 2.30. The first-order chi connectivity index (χ1) is 7.70. The Kier molecular flexibility index (Phi) is 2.87. The Bertz CT molecular complexity index is 544. The summed E-state index contributed by atoms with van der Waals surface area (Å²) in [6, 6.07) is 6.00. The maximum absolute atomic E-state index is 13.0. The van der Waals surface area contributed by atoms with Crippen molar-refractivity contribution >= 4 is 0 Å². The highest BCUT2D eigenvalue weighted by atomic mass is 19.1. The van der Waals surface area contributed by atoms with Gasteiger partial charge in [-0.1, -0.05) is 6.07 Å². The van der Waals surface area contributed by atoms with Gasteiger partial charge in [-0.25, -0.2) is 4.39 Å². The van der Waals surface area contributed by atoms with E-state index in [4.69, 9.17) is 5.73 Å². The topological polar surface area (TPSA) is 63.8 Å². The number of halogens is 1. The quantitative estimate of drug-likeness (QED) is 0.805. The zero-order valence-electron chi connectivity index (χ0n) is 8.61. The van der Waals surface area contributed by atoms with E-state index < -0.39 is 0 Å². The van der Waals surface area contributed by atoms with Gasteiger partial charge in [0.05, 0.1) is 5.69 Å². The van der Waals surface area contributed by atoms with E-state index in [2.05, 4.69) is 5.10 Å². The van der Waals surface area contributed by atoms with Crippen molar-refractivity contribution in [3.8, 4) is 5.69 Å². The van der Waals surface area contributed by atoms with Crippen LogP contribution in [0.4, 0.5) is 4.39 Å². The van der Waals surface area contributed by atoms with E-state index >= 15 is 0 Å². The van der Waals surface area contributed by atoms with Crippen LogP contribution in [0.2, 0.25) is 0 Å². The lowest BCUT2D eigenvalue weighted by atomic mass is 10.2. The molecule has 0 spiro atoms. The molecule has 0 bridgehead atoms. The van der Waals surface area contributed by atoms with E-state index in [1.54, 1.807) is 18.3 Å². The molecule has 3 N–H and O–H groups in total. The van der Waals surface area contributed by atoms with Crippen molar-refractivity contribution in [2.45, 2.75) is 6.42 Å². The summed E-state index contributed by atoms with van der Waals surface area (Å²) in [7, 11) is 0. The Morgan fingerprint density at radius 1 is 1.44 bits per heavy atom. The summed E-state index contributed by atoms with van der Waals surface area (Å²) < 4.78 is 14.5. The number of benzene rings is 1. The van der Waals surface area contributed by atoms with Gasteiger partial charge in [0.25, 0.3) is 5.56 Å². The highest BCUT2D eigenvalue weighted by molar-refractivity contribution is 5.31. The maximum Gasteiger partial charge on any atom is 0.267 e. The van der Waals surface area contributed by atoms with Gasteiger partial charge in [0, 0.05) is 11.8 Å². The largest absolute Gasteiger partial charge is 0.330 e. The number of nitrogens with one attached hydrogen (secondary N) is 1. The van der Waals surface area contributed by atoms with Crippen LogP contribution in [0.15, 0.2) is 35.3 Å². The van der Waals surface area contributed by atoms with E-state index in [0.717, 1.165) is 0 Å². The van der Waals surface area contributed by atoms with Crippen molar-refractivity contribution in [3.05, 3.63) is 52.2 Å². The first-order valence-electron chi connectivity index (χ1n) is 4.97. The smallest absolute Gasteiger partial charge is 0.267 e. The van der Waals surface area contributed by atoms with Gasteiger partial charge in [-0.05, 0) is 31.2 Å². The maximum atomic E-state index is 13.0. The molecule has 1 aromatic carbocycles. The lowest BCUT2D eigenvalue weighted by Crippen LogP contribution is -2.11. The average Bonchev–Trinajstić information content (AvgIpc) is 2.61. The highest BCUT2D eigenvalue weighted by Crippen LogP contribution is 2.08. The van der Waals surface area contributed by atoms with Gasteiger partial charge in [0.2, 0.25) is 0 Å². The van der Waals surface area contributed by atoms with E-state index in [1.807, 2.05) is 0 Å². The average molecular weight is 221 g/mol. The molecule has 0 aliphatic carbocycles. The second kappa shape index (κ2) is 4.32. The van der Waals surface area contributed by atoms with Crippen molar-refractivity contribution < 1.29 is 4.39 Å². The molecule has 0 saturated carbocycles. The van der Waals surface area contributed by atoms with Crippen LogP contribution in [0, 0.1) is 5.82 Å². The molecule has 0 unspecified atom stereocenters. The summed E-state index contributed by atoms with van der Waals surface area (Å²) in [4.78, 5) is 11.5. The van der Waals surface area contributed by atoms with Crippen molar-refractivity contribution in [1.82, 2.24) is 9.78 Å². The summed E-state index contributed by atoms with van der Waals surface area (Å²) in [6.45, 7) is 0.413. The second-order valence-corrected chi connectivity index (χ2v) is 3.48. The van der Waals surface area contributed by atoms with Crippen molar-refractivity contribution in [3.63, 3.8) is 0 Å². The monoisotopic (exact) mass is 221 g/mol. The summed E-state index contributed by atoms with van der Waals surface area (Å²) in [5.41, 5.74) is 6.38. The number of aromatic nitrogens is 2. The molecular formula is C11H12FN3O. The standard InChI is InChI=1S/C11H12FN3O/c12-9-2-1-3-10(6-9)15-7-8(4-5-13)11(16)14-15/h1-3,6-7H,4-5,13H2,(H,14,16). The third-order valence-corrected chi connectivity index (χ3v) is 2.30. The summed E-state index contributed by atoms with van der Waals surface area (Å²) in [5, 5.41) is 2.61. The first kappa shape index (κ1) is 10.6. The van der Waals surface area contributed by atoms with Gasteiger partial charge in [0.1, 0.15) is 5.82 Å². The fourth-order valence-corrected chi connectivity index (χ4v) is 1.53. The van der Waals surface area contributed by atoms with Crippen LogP contribution in [0.25, 0.3) is 5.69 Å². The number of hydrogen-bond donors (Lipinski definition) is 2. The third kappa shape index (κ3) is 2.04. The molecule has 0 aliphatic rings. The molecule has 0 fully saturated rings. The van der Waals surface area contributed by atoms with Gasteiger partial charge < -0.3 is 5.73 Å². The number of hydrogen-bond acceptors (Lipinski definition) is 2. The van der Waals surface area contributed by atoms with Gasteiger partial charge in [-0.3, -0.25) is 14.6 Å². The molecule has 0 amide bonds. The van der Waals surface area contributed by atoms with E-state index in [-0.39, 0.29) is 11.4 Å². The minimum absolute atomic E-state index is 0.185. The molecule has 16 heavy (non-hydrogen) atoms. The zero-order valence-corrected chi connectivity index (χ0v) is 8.61. The summed E-state index contributed by atoms with van der Waals surface area (Å²) in [5.74, 6) is -0.340. The molecule has 0 radical (unpaired) electrons. The Balaban J connectivity index is 2.41. The van der Waals surface area contributed by atoms with Crippen molar-refractivity contribution in [2.24, 2.45) is 5.73 Å². The normalized spacial score (nSPS) is 10.6. The molecule has 84 valence electrons. The predicted octanol–water partition coefficient (Wildman–Crippen LogP) is 0.806. The number of rotatable bonds is 3. The molecule has 5 heteroatoms. The molecule has 2 aromatic rings. The van der Waals surface area contributed by atoms with Crippen LogP contribution in [-0.2, 0) is 6.42 Å². The van der Waals surface area contributed by atoms with Gasteiger partial charge >= 0.3 is 0 Å². The van der Waals surface area contributed by atoms with Gasteiger partial charge in [-0.2, -0.15) is 0 Å². The van der Waals surface area contributed by atoms with E-state index in [1.165, 1.54) is 16.8 Å². The fraction of sp³-hybridized carbons (Fsp3) is 0.182. The van der Waals surface area contributed by atoms with Gasteiger partial charge in [-0.15, -0.1) is 0 Å². The summed E-state index contributed by atoms with van der Waals surface area (Å²) in [6.07, 6.45) is 2.15. The number of nitrogens with zero attached hydrogens (tertiary/aromatic N) is 1. The minimum Gasteiger partial charge on any atom is -0.330 e. The van der Waals surface area contributed by atoms with Crippen LogP contribution in [0.5, 0.6) is 0 Å². The zero-order chi connectivity index (χ0) is 11.5. The van der Waals surface area contributed by atoms with Gasteiger partial charge in [0.15, 0.2) is 0 Å². The van der Waals surface area contributed by atoms with Crippen molar-refractivity contribution in [2.75, 3.05) is 6.54 Å². The van der Waals surface area contributed by atoms with Crippen LogP contribution < -0.4 is 11.3 Å². The Morgan fingerprint density at radius 3 is 2.94 bits per heavy atom. The second-order valence-electron chi connectivity index (χ2n) is 3.48. The Labute approximate surface area is 91.5 Å². The number of aromatic amines is 1. The van der Waals surface area contributed by atoms with E-state index in [9.17, 15) is 9.18 Å². The lowest BCUT2D eigenvalue weighted by Gasteiger charge is -2.01. The molecule has 2 rings (SSSR count). The van der Waals surface area contributed by atoms with E-state index in [0.29, 0.717) is 24.2 Å². The molecule has 4 nitrogen and oxygen atoms in total. The number of nitrogens with two attached hydrogens (primary N) is 1. The molecule has 0 saturated heterocycles. The summed E-state index contributed by atoms with van der Waals surface area (Å²) >= 11 is 0. The van der Waals surface area contributed by atoms with Crippen LogP contribution in [0.3, 0.4) is 0 Å². The Morgan fingerprint density at radius 2 is 2.25 bits per heavy atom. The molecule has 1 heterocycles. The Hall–Kier alpha value is -1.88. The molecule has 0 aliphatic heterocycles. The molecule has 1 aromatic heterocycles. The lowest BCUT2D eigenvalue weighted by molar-refractivity contribution is 0.625. The van der Waals surface area contributed by atoms with Crippen LogP contribution in [0.1, 0.15) is 5.56 Å².